The van der Waals surface area contributed by atoms with Crippen LogP contribution in [0.2, 0.25) is 0 Å². The van der Waals surface area contributed by atoms with E-state index in [1.165, 1.54) is 12.8 Å². The monoisotopic (exact) mass is 368 g/mol. The molecule has 0 saturated heterocycles. The van der Waals surface area contributed by atoms with Gasteiger partial charge in [-0.1, -0.05) is 30.3 Å². The van der Waals surface area contributed by atoms with Crippen molar-refractivity contribution in [2.45, 2.75) is 51.2 Å². The summed E-state index contributed by atoms with van der Waals surface area (Å²) in [7, 11) is 1.64. The van der Waals surface area contributed by atoms with Gasteiger partial charge in [0.05, 0.1) is 13.2 Å². The first-order valence-electron chi connectivity index (χ1n) is 9.60. The number of nitrogens with two attached hydrogens (primary N) is 1. The second-order valence-electron chi connectivity index (χ2n) is 6.95. The first-order chi connectivity index (χ1) is 13.2. The molecular formula is C22H28N2O3. The lowest BCUT2D eigenvalue weighted by atomic mass is 10.1. The number of nitrogen functional groups attached to an aromatic ring is 1. The van der Waals surface area contributed by atoms with E-state index in [1.807, 2.05) is 42.5 Å². The van der Waals surface area contributed by atoms with Crippen LogP contribution in [0.25, 0.3) is 0 Å². The van der Waals surface area contributed by atoms with Crippen LogP contribution in [0.3, 0.4) is 0 Å². The number of carbonyl (C=O) groups excluding carboxylic acids is 1. The number of nitrogens with one attached hydrogen (secondary N) is 1. The fraction of sp³-hybridized carbons (Fsp3) is 0.409. The Kier molecular flexibility index (Phi) is 6.58. The number of carbonyl (C=O) groups is 1. The molecule has 5 nitrogen and oxygen atoms in total. The Labute approximate surface area is 160 Å². The van der Waals surface area contributed by atoms with Crippen molar-refractivity contribution in [3.63, 3.8) is 0 Å². The molecule has 27 heavy (non-hydrogen) atoms. The average molecular weight is 368 g/mol. The Morgan fingerprint density at radius 1 is 1.11 bits per heavy atom. The standard InChI is InChI=1S/C22H28N2O3/c1-26-20-12-6-8-17(22(20)27-18-9-3-4-10-18)15-24-21(25)14-13-16-7-2-5-11-19(16)23/h2,5-8,11-12,18H,3-4,9-10,13-15,23H2,1H3,(H,24,25). The van der Waals surface area contributed by atoms with Crippen molar-refractivity contribution < 1.29 is 14.3 Å². The molecule has 2 aromatic carbocycles. The van der Waals surface area contributed by atoms with E-state index in [-0.39, 0.29) is 12.0 Å². The number of benzene rings is 2. The lowest BCUT2D eigenvalue weighted by Gasteiger charge is -2.19. The minimum atomic E-state index is -0.00658. The number of rotatable bonds is 8. The highest BCUT2D eigenvalue weighted by Gasteiger charge is 2.20. The molecule has 1 saturated carbocycles. The Morgan fingerprint density at radius 2 is 1.85 bits per heavy atom. The van der Waals surface area contributed by atoms with E-state index in [2.05, 4.69) is 5.32 Å². The minimum absolute atomic E-state index is 0.00658. The van der Waals surface area contributed by atoms with E-state index in [4.69, 9.17) is 15.2 Å². The smallest absolute Gasteiger partial charge is 0.220 e. The number of aryl methyl sites for hydroxylation is 1. The van der Waals surface area contributed by atoms with E-state index in [0.717, 1.165) is 35.4 Å². The molecule has 0 radical (unpaired) electrons. The van der Waals surface area contributed by atoms with Gasteiger partial charge in [0, 0.05) is 24.2 Å². The first kappa shape index (κ1) is 19.1. The molecule has 0 atom stereocenters. The minimum Gasteiger partial charge on any atom is -0.493 e. The average Bonchev–Trinajstić information content (AvgIpc) is 3.19. The molecule has 3 N–H and O–H groups in total. The maximum absolute atomic E-state index is 12.3. The number of hydrogen-bond donors (Lipinski definition) is 2. The topological polar surface area (TPSA) is 73.6 Å². The summed E-state index contributed by atoms with van der Waals surface area (Å²) >= 11 is 0. The van der Waals surface area contributed by atoms with Crippen molar-refractivity contribution in [1.29, 1.82) is 0 Å². The number of ether oxygens (including phenoxy) is 2. The molecule has 144 valence electrons. The Bertz CT molecular complexity index is 770. The van der Waals surface area contributed by atoms with Gasteiger partial charge in [-0.15, -0.1) is 0 Å². The summed E-state index contributed by atoms with van der Waals surface area (Å²) in [5.41, 5.74) is 8.60. The second kappa shape index (κ2) is 9.31. The maximum atomic E-state index is 12.3. The summed E-state index contributed by atoms with van der Waals surface area (Å²) in [6, 6.07) is 13.4. The van der Waals surface area contributed by atoms with Crippen LogP contribution in [0.4, 0.5) is 5.69 Å². The number of methoxy groups -OCH3 is 1. The van der Waals surface area contributed by atoms with Crippen molar-refractivity contribution in [1.82, 2.24) is 5.32 Å². The Hall–Kier alpha value is -2.69. The molecule has 3 rings (SSSR count). The van der Waals surface area contributed by atoms with Gasteiger partial charge in [0.25, 0.3) is 0 Å². The molecule has 1 fully saturated rings. The Balaban J connectivity index is 1.59. The van der Waals surface area contributed by atoms with Crippen molar-refractivity contribution in [3.8, 4) is 11.5 Å². The molecule has 0 unspecified atom stereocenters. The molecule has 1 amide bonds. The van der Waals surface area contributed by atoms with Crippen LogP contribution < -0.4 is 20.5 Å². The highest BCUT2D eigenvalue weighted by Crippen LogP contribution is 2.34. The maximum Gasteiger partial charge on any atom is 0.220 e. The SMILES string of the molecule is COc1cccc(CNC(=O)CCc2ccccc2N)c1OC1CCCC1. The largest absolute Gasteiger partial charge is 0.493 e. The summed E-state index contributed by atoms with van der Waals surface area (Å²) in [6.45, 7) is 0.419. The summed E-state index contributed by atoms with van der Waals surface area (Å²) in [4.78, 5) is 12.3. The third-order valence-electron chi connectivity index (χ3n) is 5.02. The van der Waals surface area contributed by atoms with Gasteiger partial charge < -0.3 is 20.5 Å². The van der Waals surface area contributed by atoms with Crippen LogP contribution in [0.1, 0.15) is 43.2 Å². The van der Waals surface area contributed by atoms with Gasteiger partial charge in [0.1, 0.15) is 0 Å². The molecule has 0 bridgehead atoms. The normalized spacial score (nSPS) is 14.1. The fourth-order valence-corrected chi connectivity index (χ4v) is 3.46. The third kappa shape index (κ3) is 5.16. The van der Waals surface area contributed by atoms with Gasteiger partial charge >= 0.3 is 0 Å². The highest BCUT2D eigenvalue weighted by atomic mass is 16.5. The number of amides is 1. The quantitative estimate of drug-likeness (QED) is 0.694. The van der Waals surface area contributed by atoms with E-state index in [9.17, 15) is 4.79 Å². The summed E-state index contributed by atoms with van der Waals surface area (Å²) < 4.78 is 11.7. The first-order valence-corrected chi connectivity index (χ1v) is 9.60. The van der Waals surface area contributed by atoms with Gasteiger partial charge in [-0.05, 0) is 49.8 Å². The second-order valence-corrected chi connectivity index (χ2v) is 6.95. The molecule has 5 heteroatoms. The van der Waals surface area contributed by atoms with Gasteiger partial charge in [-0.3, -0.25) is 4.79 Å². The molecule has 1 aliphatic carbocycles. The lowest BCUT2D eigenvalue weighted by molar-refractivity contribution is -0.121. The van der Waals surface area contributed by atoms with Crippen molar-refractivity contribution >= 4 is 11.6 Å². The van der Waals surface area contributed by atoms with Crippen molar-refractivity contribution in [3.05, 3.63) is 53.6 Å². The molecule has 0 aromatic heterocycles. The molecule has 0 heterocycles. The van der Waals surface area contributed by atoms with Crippen LogP contribution in [0.15, 0.2) is 42.5 Å². The van der Waals surface area contributed by atoms with Crippen LogP contribution in [-0.4, -0.2) is 19.1 Å². The van der Waals surface area contributed by atoms with Crippen LogP contribution in [0.5, 0.6) is 11.5 Å². The van der Waals surface area contributed by atoms with Gasteiger partial charge in [0.2, 0.25) is 5.91 Å². The number of anilines is 1. The van der Waals surface area contributed by atoms with Crippen LogP contribution >= 0.6 is 0 Å². The van der Waals surface area contributed by atoms with Gasteiger partial charge in [-0.2, -0.15) is 0 Å². The zero-order chi connectivity index (χ0) is 19.1. The molecule has 0 aliphatic heterocycles. The predicted molar refractivity (Wildman–Crippen MR) is 107 cm³/mol. The summed E-state index contributed by atoms with van der Waals surface area (Å²) in [5, 5.41) is 2.99. The van der Waals surface area contributed by atoms with Crippen molar-refractivity contribution in [2.24, 2.45) is 0 Å². The zero-order valence-corrected chi connectivity index (χ0v) is 15.9. The van der Waals surface area contributed by atoms with Gasteiger partial charge in [0.15, 0.2) is 11.5 Å². The number of para-hydroxylation sites is 2. The van der Waals surface area contributed by atoms with Crippen LogP contribution in [0, 0.1) is 0 Å². The predicted octanol–water partition coefficient (Wildman–Crippen LogP) is 3.85. The molecular weight excluding hydrogens is 340 g/mol. The van der Waals surface area contributed by atoms with E-state index in [1.54, 1.807) is 7.11 Å². The zero-order valence-electron chi connectivity index (χ0n) is 15.9. The van der Waals surface area contributed by atoms with E-state index in [0.29, 0.717) is 25.1 Å². The summed E-state index contributed by atoms with van der Waals surface area (Å²) in [6.07, 6.45) is 5.81. The fourth-order valence-electron chi connectivity index (χ4n) is 3.46. The van der Waals surface area contributed by atoms with Crippen LogP contribution in [-0.2, 0) is 17.8 Å². The Morgan fingerprint density at radius 3 is 2.59 bits per heavy atom. The van der Waals surface area contributed by atoms with E-state index < -0.39 is 0 Å². The van der Waals surface area contributed by atoms with Crippen molar-refractivity contribution in [2.75, 3.05) is 12.8 Å². The van der Waals surface area contributed by atoms with E-state index >= 15 is 0 Å². The highest BCUT2D eigenvalue weighted by molar-refractivity contribution is 5.76. The lowest BCUT2D eigenvalue weighted by Crippen LogP contribution is -2.24. The molecule has 0 spiro atoms. The molecule has 1 aliphatic rings. The summed E-state index contributed by atoms with van der Waals surface area (Å²) in [5.74, 6) is 1.46. The number of hydrogen-bond acceptors (Lipinski definition) is 4. The molecule has 2 aromatic rings. The third-order valence-corrected chi connectivity index (χ3v) is 5.02. The van der Waals surface area contributed by atoms with Gasteiger partial charge in [-0.25, -0.2) is 0 Å².